The van der Waals surface area contributed by atoms with Crippen molar-refractivity contribution < 1.29 is 23.4 Å². The van der Waals surface area contributed by atoms with E-state index in [4.69, 9.17) is 0 Å². The van der Waals surface area contributed by atoms with Crippen molar-refractivity contribution in [3.05, 3.63) is 35.4 Å². The number of hydrogen-bond donors (Lipinski definition) is 1. The highest BCUT2D eigenvalue weighted by molar-refractivity contribution is 5.70. The Morgan fingerprint density at radius 3 is 2.69 bits per heavy atom. The first-order valence-corrected chi connectivity index (χ1v) is 4.83. The van der Waals surface area contributed by atoms with Crippen LogP contribution in [0, 0.1) is 11.6 Å². The van der Waals surface area contributed by atoms with E-state index in [-0.39, 0.29) is 18.6 Å². The van der Waals surface area contributed by atoms with Crippen molar-refractivity contribution in [3.8, 4) is 0 Å². The van der Waals surface area contributed by atoms with Crippen LogP contribution < -0.4 is 0 Å². The second-order valence-corrected chi connectivity index (χ2v) is 3.20. The van der Waals surface area contributed by atoms with Crippen molar-refractivity contribution in [2.75, 3.05) is 6.61 Å². The van der Waals surface area contributed by atoms with Gasteiger partial charge >= 0.3 is 5.97 Å². The number of rotatable bonds is 4. The van der Waals surface area contributed by atoms with Gasteiger partial charge < -0.3 is 9.84 Å². The summed E-state index contributed by atoms with van der Waals surface area (Å²) in [6, 6.07) is 2.99. The number of hydrogen-bond acceptors (Lipinski definition) is 3. The number of aliphatic hydroxyl groups excluding tert-OH is 1. The van der Waals surface area contributed by atoms with Crippen LogP contribution in [0.15, 0.2) is 18.2 Å². The molecule has 0 unspecified atom stereocenters. The van der Waals surface area contributed by atoms with Gasteiger partial charge in [-0.1, -0.05) is 6.07 Å². The number of carbonyl (C=O) groups is 1. The summed E-state index contributed by atoms with van der Waals surface area (Å²) >= 11 is 0. The van der Waals surface area contributed by atoms with E-state index in [1.807, 2.05) is 0 Å². The van der Waals surface area contributed by atoms with Gasteiger partial charge in [-0.15, -0.1) is 0 Å². The topological polar surface area (TPSA) is 46.5 Å². The van der Waals surface area contributed by atoms with Crippen LogP contribution in [0.25, 0.3) is 0 Å². The molecule has 1 N–H and O–H groups in total. The summed E-state index contributed by atoms with van der Waals surface area (Å²) in [7, 11) is 0. The number of esters is 1. The second kappa shape index (κ2) is 5.55. The van der Waals surface area contributed by atoms with E-state index in [1.54, 1.807) is 6.92 Å². The Hall–Kier alpha value is -1.49. The van der Waals surface area contributed by atoms with Crippen LogP contribution >= 0.6 is 0 Å². The highest BCUT2D eigenvalue weighted by atomic mass is 19.2. The van der Waals surface area contributed by atoms with Gasteiger partial charge in [-0.05, 0) is 24.6 Å². The fourth-order valence-electron chi connectivity index (χ4n) is 1.22. The maximum absolute atomic E-state index is 12.8. The second-order valence-electron chi connectivity index (χ2n) is 3.20. The summed E-state index contributed by atoms with van der Waals surface area (Å²) < 4.78 is 30.0. The summed E-state index contributed by atoms with van der Waals surface area (Å²) in [5.41, 5.74) is 0.145. The Morgan fingerprint density at radius 1 is 1.44 bits per heavy atom. The summed E-state index contributed by atoms with van der Waals surface area (Å²) in [6.07, 6.45) is -1.46. The number of halogens is 2. The molecule has 0 aliphatic carbocycles. The number of aliphatic hydroxyl groups is 1. The Labute approximate surface area is 91.7 Å². The minimum Gasteiger partial charge on any atom is -0.466 e. The molecule has 88 valence electrons. The first-order valence-electron chi connectivity index (χ1n) is 4.83. The predicted molar refractivity (Wildman–Crippen MR) is 52.6 cm³/mol. The molecule has 1 rings (SSSR count). The van der Waals surface area contributed by atoms with Gasteiger partial charge in [-0.25, -0.2) is 8.78 Å². The van der Waals surface area contributed by atoms with Crippen LogP contribution in [-0.2, 0) is 9.53 Å². The lowest BCUT2D eigenvalue weighted by Crippen LogP contribution is -2.10. The quantitative estimate of drug-likeness (QED) is 0.804. The van der Waals surface area contributed by atoms with Crippen LogP contribution in [0.5, 0.6) is 0 Å². The van der Waals surface area contributed by atoms with Crippen molar-refractivity contribution in [1.29, 1.82) is 0 Å². The van der Waals surface area contributed by atoms with Crippen LogP contribution in [0.4, 0.5) is 8.78 Å². The minimum absolute atomic E-state index is 0.145. The molecule has 0 saturated carbocycles. The van der Waals surface area contributed by atoms with E-state index in [2.05, 4.69) is 4.74 Å². The molecule has 0 aliphatic heterocycles. The Morgan fingerprint density at radius 2 is 2.12 bits per heavy atom. The molecule has 0 aromatic heterocycles. The predicted octanol–water partition coefficient (Wildman–Crippen LogP) is 1.95. The molecule has 1 aromatic rings. The fraction of sp³-hybridized carbons (Fsp3) is 0.364. The SMILES string of the molecule is CCOC(=O)C[C@H](O)c1ccc(F)c(F)c1. The van der Waals surface area contributed by atoms with Gasteiger partial charge in [0.2, 0.25) is 0 Å². The van der Waals surface area contributed by atoms with E-state index in [9.17, 15) is 18.7 Å². The van der Waals surface area contributed by atoms with E-state index < -0.39 is 23.7 Å². The van der Waals surface area contributed by atoms with E-state index in [0.29, 0.717) is 0 Å². The number of ether oxygens (including phenoxy) is 1. The molecule has 5 heteroatoms. The molecule has 0 heterocycles. The lowest BCUT2D eigenvalue weighted by molar-refractivity contribution is -0.145. The highest BCUT2D eigenvalue weighted by Gasteiger charge is 2.15. The maximum atomic E-state index is 12.8. The van der Waals surface area contributed by atoms with Gasteiger partial charge in [0.15, 0.2) is 11.6 Å². The molecule has 0 amide bonds. The fourth-order valence-corrected chi connectivity index (χ4v) is 1.22. The van der Waals surface area contributed by atoms with Gasteiger partial charge in [0.25, 0.3) is 0 Å². The third kappa shape index (κ3) is 3.27. The molecule has 0 radical (unpaired) electrons. The molecular formula is C11H12F2O3. The molecule has 3 nitrogen and oxygen atoms in total. The Bertz CT molecular complexity index is 379. The normalized spacial score (nSPS) is 12.2. The van der Waals surface area contributed by atoms with Crippen molar-refractivity contribution in [2.45, 2.75) is 19.4 Å². The molecule has 0 bridgehead atoms. The Balaban J connectivity index is 2.69. The molecule has 1 aromatic carbocycles. The maximum Gasteiger partial charge on any atom is 0.308 e. The van der Waals surface area contributed by atoms with Gasteiger partial charge in [0.1, 0.15) is 0 Å². The first-order chi connectivity index (χ1) is 7.54. The minimum atomic E-state index is -1.19. The van der Waals surface area contributed by atoms with Crippen LogP contribution in [0.1, 0.15) is 25.0 Å². The lowest BCUT2D eigenvalue weighted by Gasteiger charge is -2.10. The van der Waals surface area contributed by atoms with Gasteiger partial charge in [0.05, 0.1) is 19.1 Å². The monoisotopic (exact) mass is 230 g/mol. The first kappa shape index (κ1) is 12.6. The molecule has 0 fully saturated rings. The third-order valence-electron chi connectivity index (χ3n) is 1.99. The summed E-state index contributed by atoms with van der Waals surface area (Å²) in [5.74, 6) is -2.63. The average Bonchev–Trinajstić information content (AvgIpc) is 2.22. The van der Waals surface area contributed by atoms with Crippen LogP contribution in [-0.4, -0.2) is 17.7 Å². The molecule has 1 atom stereocenters. The molecule has 16 heavy (non-hydrogen) atoms. The molecular weight excluding hydrogens is 218 g/mol. The zero-order chi connectivity index (χ0) is 12.1. The van der Waals surface area contributed by atoms with Gasteiger partial charge in [-0.2, -0.15) is 0 Å². The Kier molecular flexibility index (Phi) is 4.37. The number of benzene rings is 1. The van der Waals surface area contributed by atoms with E-state index in [1.165, 1.54) is 6.07 Å². The third-order valence-corrected chi connectivity index (χ3v) is 1.99. The van der Waals surface area contributed by atoms with Crippen LogP contribution in [0.3, 0.4) is 0 Å². The van der Waals surface area contributed by atoms with E-state index >= 15 is 0 Å². The highest BCUT2D eigenvalue weighted by Crippen LogP contribution is 2.19. The molecule has 0 saturated heterocycles. The summed E-state index contributed by atoms with van der Waals surface area (Å²) in [6.45, 7) is 1.85. The average molecular weight is 230 g/mol. The summed E-state index contributed by atoms with van der Waals surface area (Å²) in [5, 5.41) is 9.54. The van der Waals surface area contributed by atoms with Crippen molar-refractivity contribution in [3.63, 3.8) is 0 Å². The molecule has 0 aliphatic rings. The summed E-state index contributed by atoms with van der Waals surface area (Å²) in [4.78, 5) is 11.0. The van der Waals surface area contributed by atoms with Crippen molar-refractivity contribution in [1.82, 2.24) is 0 Å². The van der Waals surface area contributed by atoms with Crippen molar-refractivity contribution >= 4 is 5.97 Å². The van der Waals surface area contributed by atoms with Gasteiger partial charge in [0, 0.05) is 0 Å². The zero-order valence-corrected chi connectivity index (χ0v) is 8.74. The number of carbonyl (C=O) groups excluding carboxylic acids is 1. The van der Waals surface area contributed by atoms with Crippen LogP contribution in [0.2, 0.25) is 0 Å². The van der Waals surface area contributed by atoms with E-state index in [0.717, 1.165) is 12.1 Å². The largest absolute Gasteiger partial charge is 0.466 e. The smallest absolute Gasteiger partial charge is 0.308 e. The standard InChI is InChI=1S/C11H12F2O3/c1-2-16-11(15)6-10(14)7-3-4-8(12)9(13)5-7/h3-5,10,14H,2,6H2,1H3/t10-/m0/s1. The lowest BCUT2D eigenvalue weighted by atomic mass is 10.1. The van der Waals surface area contributed by atoms with Gasteiger partial charge in [-0.3, -0.25) is 4.79 Å². The molecule has 0 spiro atoms. The van der Waals surface area contributed by atoms with Crippen molar-refractivity contribution in [2.24, 2.45) is 0 Å². The zero-order valence-electron chi connectivity index (χ0n) is 8.74.